The summed E-state index contributed by atoms with van der Waals surface area (Å²) in [5.74, 6) is -0.306. The molecule has 0 aliphatic heterocycles. The Morgan fingerprint density at radius 3 is 3.06 bits per heavy atom. The first kappa shape index (κ1) is 12.1. The molecule has 0 bridgehead atoms. The van der Waals surface area contributed by atoms with E-state index in [0.717, 1.165) is 11.0 Å². The van der Waals surface area contributed by atoms with E-state index >= 15 is 0 Å². The van der Waals surface area contributed by atoms with Crippen molar-refractivity contribution in [1.29, 1.82) is 0 Å². The predicted molar refractivity (Wildman–Crippen MR) is 68.8 cm³/mol. The number of imidazole rings is 1. The van der Waals surface area contributed by atoms with Crippen LogP contribution in [0.15, 0.2) is 18.2 Å². The van der Waals surface area contributed by atoms with Gasteiger partial charge in [-0.25, -0.2) is 0 Å². The SMILES string of the molecule is CCOC(=O)Cn1c(=S)[nH]c2cc(Cl)ccc21. The van der Waals surface area contributed by atoms with Gasteiger partial charge in [-0.05, 0) is 37.3 Å². The van der Waals surface area contributed by atoms with Crippen molar-refractivity contribution in [3.63, 3.8) is 0 Å². The van der Waals surface area contributed by atoms with Gasteiger partial charge in [0, 0.05) is 5.02 Å². The van der Waals surface area contributed by atoms with Crippen molar-refractivity contribution < 1.29 is 9.53 Å². The molecule has 1 aromatic carbocycles. The quantitative estimate of drug-likeness (QED) is 0.689. The number of hydrogen-bond acceptors (Lipinski definition) is 3. The fourth-order valence-corrected chi connectivity index (χ4v) is 2.07. The van der Waals surface area contributed by atoms with Crippen LogP contribution in [0.3, 0.4) is 0 Å². The number of carbonyl (C=O) groups excluding carboxylic acids is 1. The number of aromatic nitrogens is 2. The monoisotopic (exact) mass is 270 g/mol. The van der Waals surface area contributed by atoms with Crippen molar-refractivity contribution in [2.24, 2.45) is 0 Å². The first-order valence-corrected chi connectivity index (χ1v) is 5.94. The van der Waals surface area contributed by atoms with Crippen LogP contribution in [0.25, 0.3) is 11.0 Å². The zero-order valence-corrected chi connectivity index (χ0v) is 10.8. The molecule has 90 valence electrons. The number of benzene rings is 1. The molecule has 0 aliphatic carbocycles. The molecule has 4 nitrogen and oxygen atoms in total. The summed E-state index contributed by atoms with van der Waals surface area (Å²) in [6.45, 7) is 2.24. The molecular formula is C11H11ClN2O2S. The lowest BCUT2D eigenvalue weighted by molar-refractivity contribution is -0.143. The van der Waals surface area contributed by atoms with Gasteiger partial charge in [-0.2, -0.15) is 0 Å². The second-order valence-corrected chi connectivity index (χ2v) is 4.31. The van der Waals surface area contributed by atoms with Crippen LogP contribution in [0.2, 0.25) is 5.02 Å². The summed E-state index contributed by atoms with van der Waals surface area (Å²) in [5.41, 5.74) is 1.65. The van der Waals surface area contributed by atoms with Crippen LogP contribution in [0, 0.1) is 4.77 Å². The van der Waals surface area contributed by atoms with E-state index in [9.17, 15) is 4.79 Å². The number of aromatic amines is 1. The van der Waals surface area contributed by atoms with Crippen molar-refractivity contribution in [2.75, 3.05) is 6.61 Å². The first-order chi connectivity index (χ1) is 8.11. The highest BCUT2D eigenvalue weighted by molar-refractivity contribution is 7.71. The second kappa shape index (κ2) is 4.89. The standard InChI is InChI=1S/C11H11ClN2O2S/c1-2-16-10(15)6-14-9-4-3-7(12)5-8(9)13-11(14)17/h3-5H,2,6H2,1H3,(H,13,17). The molecule has 1 heterocycles. The Morgan fingerprint density at radius 2 is 2.35 bits per heavy atom. The molecule has 2 aromatic rings. The maximum atomic E-state index is 11.4. The zero-order valence-electron chi connectivity index (χ0n) is 9.20. The average Bonchev–Trinajstić information content (AvgIpc) is 2.55. The second-order valence-electron chi connectivity index (χ2n) is 3.48. The van der Waals surface area contributed by atoms with Gasteiger partial charge in [-0.1, -0.05) is 11.6 Å². The van der Waals surface area contributed by atoms with Gasteiger partial charge >= 0.3 is 5.97 Å². The molecule has 17 heavy (non-hydrogen) atoms. The van der Waals surface area contributed by atoms with Crippen molar-refractivity contribution in [3.05, 3.63) is 28.0 Å². The summed E-state index contributed by atoms with van der Waals surface area (Å²) >= 11 is 11.0. The van der Waals surface area contributed by atoms with Crippen LogP contribution in [-0.2, 0) is 16.1 Å². The number of fused-ring (bicyclic) bond motifs is 1. The van der Waals surface area contributed by atoms with Gasteiger partial charge in [0.2, 0.25) is 0 Å². The fourth-order valence-electron chi connectivity index (χ4n) is 1.63. The summed E-state index contributed by atoms with van der Waals surface area (Å²) in [6.07, 6.45) is 0. The van der Waals surface area contributed by atoms with Crippen LogP contribution < -0.4 is 0 Å². The third-order valence-corrected chi connectivity index (χ3v) is 2.89. The summed E-state index contributed by atoms with van der Waals surface area (Å²) in [6, 6.07) is 5.35. The Balaban J connectivity index is 2.43. The van der Waals surface area contributed by atoms with Gasteiger partial charge < -0.3 is 14.3 Å². The van der Waals surface area contributed by atoms with E-state index in [1.807, 2.05) is 6.07 Å². The van der Waals surface area contributed by atoms with E-state index < -0.39 is 0 Å². The minimum Gasteiger partial charge on any atom is -0.465 e. The average molecular weight is 271 g/mol. The normalized spacial score (nSPS) is 10.7. The van der Waals surface area contributed by atoms with Crippen LogP contribution in [0.5, 0.6) is 0 Å². The van der Waals surface area contributed by atoms with Gasteiger partial charge in [0.1, 0.15) is 6.54 Å². The molecule has 0 saturated heterocycles. The van der Waals surface area contributed by atoms with Crippen LogP contribution >= 0.6 is 23.8 Å². The molecule has 2 rings (SSSR count). The van der Waals surface area contributed by atoms with Crippen LogP contribution in [0.4, 0.5) is 0 Å². The van der Waals surface area contributed by atoms with Crippen molar-refractivity contribution in [3.8, 4) is 0 Å². The summed E-state index contributed by atoms with van der Waals surface area (Å²) in [5, 5.41) is 0.622. The number of carbonyl (C=O) groups is 1. The number of H-pyrrole nitrogens is 1. The molecule has 0 amide bonds. The third kappa shape index (κ3) is 2.50. The molecule has 1 aromatic heterocycles. The number of halogens is 1. The molecule has 0 unspecified atom stereocenters. The summed E-state index contributed by atoms with van der Waals surface area (Å²) < 4.78 is 7.07. The summed E-state index contributed by atoms with van der Waals surface area (Å²) in [4.78, 5) is 14.4. The number of nitrogens with one attached hydrogen (secondary N) is 1. The highest BCUT2D eigenvalue weighted by atomic mass is 35.5. The molecular weight excluding hydrogens is 260 g/mol. The minimum absolute atomic E-state index is 0.105. The fraction of sp³-hybridized carbons (Fsp3) is 0.273. The summed E-state index contributed by atoms with van der Waals surface area (Å²) in [7, 11) is 0. The van der Waals surface area contributed by atoms with Crippen molar-refractivity contribution in [2.45, 2.75) is 13.5 Å². The van der Waals surface area contributed by atoms with Gasteiger partial charge in [-0.3, -0.25) is 4.79 Å². The maximum Gasteiger partial charge on any atom is 0.326 e. The van der Waals surface area contributed by atoms with E-state index in [2.05, 4.69) is 4.98 Å². The van der Waals surface area contributed by atoms with Gasteiger partial charge in [-0.15, -0.1) is 0 Å². The van der Waals surface area contributed by atoms with Crippen LogP contribution in [0.1, 0.15) is 6.92 Å². The predicted octanol–water partition coefficient (Wildman–Crippen LogP) is 2.92. The topological polar surface area (TPSA) is 47.0 Å². The minimum atomic E-state index is -0.306. The van der Waals surface area contributed by atoms with E-state index in [0.29, 0.717) is 16.4 Å². The molecule has 6 heteroatoms. The van der Waals surface area contributed by atoms with E-state index in [-0.39, 0.29) is 12.5 Å². The van der Waals surface area contributed by atoms with Gasteiger partial charge in [0.05, 0.1) is 17.6 Å². The number of ether oxygens (including phenoxy) is 1. The number of nitrogens with zero attached hydrogens (tertiary/aromatic N) is 1. The highest BCUT2D eigenvalue weighted by Crippen LogP contribution is 2.19. The molecule has 0 aliphatic rings. The van der Waals surface area contributed by atoms with E-state index in [1.54, 1.807) is 23.6 Å². The first-order valence-electron chi connectivity index (χ1n) is 5.15. The van der Waals surface area contributed by atoms with Crippen molar-refractivity contribution >= 4 is 40.8 Å². The Morgan fingerprint density at radius 1 is 1.59 bits per heavy atom. The van der Waals surface area contributed by atoms with Gasteiger partial charge in [0.25, 0.3) is 0 Å². The van der Waals surface area contributed by atoms with E-state index in [4.69, 9.17) is 28.6 Å². The Bertz CT molecular complexity index is 617. The highest BCUT2D eigenvalue weighted by Gasteiger charge is 2.09. The molecule has 0 fully saturated rings. The lowest BCUT2D eigenvalue weighted by atomic mass is 10.3. The molecule has 1 N–H and O–H groups in total. The Kier molecular flexibility index (Phi) is 3.49. The smallest absolute Gasteiger partial charge is 0.326 e. The largest absolute Gasteiger partial charge is 0.465 e. The lowest BCUT2D eigenvalue weighted by Crippen LogP contribution is -2.13. The number of esters is 1. The number of rotatable bonds is 3. The molecule has 0 saturated carbocycles. The maximum absolute atomic E-state index is 11.4. The molecule has 0 atom stereocenters. The van der Waals surface area contributed by atoms with Gasteiger partial charge in [0.15, 0.2) is 4.77 Å². The molecule has 0 radical (unpaired) electrons. The van der Waals surface area contributed by atoms with E-state index in [1.165, 1.54) is 0 Å². The van der Waals surface area contributed by atoms with Crippen molar-refractivity contribution in [1.82, 2.24) is 9.55 Å². The van der Waals surface area contributed by atoms with Crippen LogP contribution in [-0.4, -0.2) is 22.1 Å². The third-order valence-electron chi connectivity index (χ3n) is 2.33. The lowest BCUT2D eigenvalue weighted by Gasteiger charge is -2.04. The molecule has 0 spiro atoms. The Hall–Kier alpha value is -1.33. The Labute approximate surface area is 108 Å². The zero-order chi connectivity index (χ0) is 12.4. The number of hydrogen-bond donors (Lipinski definition) is 1.